The third-order valence-corrected chi connectivity index (χ3v) is 3.19. The fraction of sp³-hybridized carbons (Fsp3) is 0.125. The summed E-state index contributed by atoms with van der Waals surface area (Å²) in [5, 5.41) is 13.5. The summed E-state index contributed by atoms with van der Waals surface area (Å²) in [6.45, 7) is 1.44. The summed E-state index contributed by atoms with van der Waals surface area (Å²) >= 11 is 0. The van der Waals surface area contributed by atoms with Crippen LogP contribution in [0.4, 0.5) is 11.4 Å². The van der Waals surface area contributed by atoms with Gasteiger partial charge in [0.2, 0.25) is 0 Å². The molecule has 124 valence electrons. The van der Waals surface area contributed by atoms with Crippen molar-refractivity contribution >= 4 is 23.2 Å². The van der Waals surface area contributed by atoms with Crippen LogP contribution < -0.4 is 15.8 Å². The molecule has 0 saturated heterocycles. The standard InChI is InChI=1S/C16H15N3O5/c1-10(24-14-9-5-4-8-13(14)19(22)23)16(21)18-12-7-3-2-6-11(12)15(17)20/h2-10H,1H3,(H2,17,20)(H,18,21)/t10-/m0/s1. The highest BCUT2D eigenvalue weighted by atomic mass is 16.6. The van der Waals surface area contributed by atoms with E-state index >= 15 is 0 Å². The lowest BCUT2D eigenvalue weighted by Gasteiger charge is -2.15. The minimum absolute atomic E-state index is 0.0201. The van der Waals surface area contributed by atoms with Gasteiger partial charge < -0.3 is 15.8 Å². The third kappa shape index (κ3) is 3.86. The van der Waals surface area contributed by atoms with Crippen molar-refractivity contribution < 1.29 is 19.2 Å². The molecule has 24 heavy (non-hydrogen) atoms. The van der Waals surface area contributed by atoms with Crippen LogP contribution in [0.5, 0.6) is 5.75 Å². The van der Waals surface area contributed by atoms with E-state index in [1.54, 1.807) is 18.2 Å². The molecule has 2 aromatic carbocycles. The van der Waals surface area contributed by atoms with Gasteiger partial charge in [-0.15, -0.1) is 0 Å². The fourth-order valence-corrected chi connectivity index (χ4v) is 1.99. The first kappa shape index (κ1) is 16.9. The first-order valence-corrected chi connectivity index (χ1v) is 7.00. The van der Waals surface area contributed by atoms with Crippen LogP contribution >= 0.6 is 0 Å². The molecule has 1 atom stereocenters. The van der Waals surface area contributed by atoms with Crippen LogP contribution in [-0.2, 0) is 4.79 Å². The van der Waals surface area contributed by atoms with Crippen LogP contribution in [0, 0.1) is 10.1 Å². The number of primary amides is 1. The smallest absolute Gasteiger partial charge is 0.310 e. The van der Waals surface area contributed by atoms with E-state index in [9.17, 15) is 19.7 Å². The molecular weight excluding hydrogens is 314 g/mol. The number of benzene rings is 2. The summed E-state index contributed by atoms with van der Waals surface area (Å²) in [7, 11) is 0. The van der Waals surface area contributed by atoms with Crippen LogP contribution in [-0.4, -0.2) is 22.8 Å². The lowest BCUT2D eigenvalue weighted by Crippen LogP contribution is -2.31. The second-order valence-electron chi connectivity index (χ2n) is 4.88. The molecule has 8 nitrogen and oxygen atoms in total. The maximum atomic E-state index is 12.2. The molecule has 0 heterocycles. The van der Waals surface area contributed by atoms with Gasteiger partial charge in [-0.2, -0.15) is 0 Å². The predicted molar refractivity (Wildman–Crippen MR) is 86.8 cm³/mol. The number of rotatable bonds is 6. The fourth-order valence-electron chi connectivity index (χ4n) is 1.99. The Bertz CT molecular complexity index is 791. The van der Waals surface area contributed by atoms with Crippen LogP contribution in [0.2, 0.25) is 0 Å². The van der Waals surface area contributed by atoms with Crippen molar-refractivity contribution in [1.29, 1.82) is 0 Å². The number of carbonyl (C=O) groups is 2. The molecule has 0 aromatic heterocycles. The van der Waals surface area contributed by atoms with Crippen molar-refractivity contribution in [2.45, 2.75) is 13.0 Å². The summed E-state index contributed by atoms with van der Waals surface area (Å²) in [5.74, 6) is -1.27. The van der Waals surface area contributed by atoms with Crippen LogP contribution in [0.3, 0.4) is 0 Å². The van der Waals surface area contributed by atoms with Gasteiger partial charge in [-0.3, -0.25) is 19.7 Å². The molecule has 0 spiro atoms. The van der Waals surface area contributed by atoms with E-state index in [2.05, 4.69) is 5.32 Å². The molecule has 2 amide bonds. The van der Waals surface area contributed by atoms with Gasteiger partial charge in [0, 0.05) is 6.07 Å². The van der Waals surface area contributed by atoms with Crippen molar-refractivity contribution in [1.82, 2.24) is 0 Å². The van der Waals surface area contributed by atoms with Crippen molar-refractivity contribution in [3.63, 3.8) is 0 Å². The Balaban J connectivity index is 2.14. The Morgan fingerprint density at radius 1 is 1.17 bits per heavy atom. The molecule has 0 bridgehead atoms. The number of nitro groups is 1. The normalized spacial score (nSPS) is 11.4. The van der Waals surface area contributed by atoms with Gasteiger partial charge in [-0.1, -0.05) is 24.3 Å². The van der Waals surface area contributed by atoms with Crippen molar-refractivity contribution in [2.24, 2.45) is 5.73 Å². The third-order valence-electron chi connectivity index (χ3n) is 3.19. The molecule has 0 aliphatic carbocycles. The number of anilines is 1. The van der Waals surface area contributed by atoms with E-state index in [1.165, 1.54) is 37.3 Å². The molecule has 8 heteroatoms. The van der Waals surface area contributed by atoms with Gasteiger partial charge in [-0.05, 0) is 25.1 Å². The molecule has 3 N–H and O–H groups in total. The maximum Gasteiger partial charge on any atom is 0.310 e. The van der Waals surface area contributed by atoms with Crippen LogP contribution in [0.15, 0.2) is 48.5 Å². The topological polar surface area (TPSA) is 125 Å². The lowest BCUT2D eigenvalue weighted by atomic mass is 10.1. The molecule has 2 rings (SSSR count). The number of carbonyl (C=O) groups excluding carboxylic acids is 2. The molecular formula is C16H15N3O5. The first-order valence-electron chi connectivity index (χ1n) is 7.00. The van der Waals surface area contributed by atoms with Crippen LogP contribution in [0.25, 0.3) is 0 Å². The lowest BCUT2D eigenvalue weighted by molar-refractivity contribution is -0.386. The van der Waals surface area contributed by atoms with Crippen molar-refractivity contribution in [3.8, 4) is 5.75 Å². The molecule has 0 unspecified atom stereocenters. The van der Waals surface area contributed by atoms with E-state index in [4.69, 9.17) is 10.5 Å². The van der Waals surface area contributed by atoms with Gasteiger partial charge in [0.25, 0.3) is 11.8 Å². The molecule has 0 aliphatic rings. The number of hydrogen-bond acceptors (Lipinski definition) is 5. The number of hydrogen-bond donors (Lipinski definition) is 2. The quantitative estimate of drug-likeness (QED) is 0.620. The minimum atomic E-state index is -1.02. The van der Waals surface area contributed by atoms with Gasteiger partial charge >= 0.3 is 5.69 Å². The van der Waals surface area contributed by atoms with E-state index in [1.807, 2.05) is 0 Å². The first-order chi connectivity index (χ1) is 11.4. The summed E-state index contributed by atoms with van der Waals surface area (Å²) in [4.78, 5) is 33.9. The second-order valence-corrected chi connectivity index (χ2v) is 4.88. The number of nitrogens with two attached hydrogens (primary N) is 1. The summed E-state index contributed by atoms with van der Waals surface area (Å²) < 4.78 is 5.37. The molecule has 0 fully saturated rings. The van der Waals surface area contributed by atoms with E-state index in [-0.39, 0.29) is 22.7 Å². The Hall–Kier alpha value is -3.42. The zero-order valence-electron chi connectivity index (χ0n) is 12.8. The molecule has 2 aromatic rings. The average Bonchev–Trinajstić information content (AvgIpc) is 2.55. The predicted octanol–water partition coefficient (Wildman–Crippen LogP) is 2.10. The van der Waals surface area contributed by atoms with Crippen LogP contribution in [0.1, 0.15) is 17.3 Å². The average molecular weight is 329 g/mol. The molecule has 0 radical (unpaired) electrons. The van der Waals surface area contributed by atoms with Gasteiger partial charge in [0.15, 0.2) is 11.9 Å². The Kier molecular flexibility index (Phi) is 5.10. The number of nitrogens with zero attached hydrogens (tertiary/aromatic N) is 1. The van der Waals surface area contributed by atoms with Gasteiger partial charge in [0.05, 0.1) is 16.2 Å². The van der Waals surface area contributed by atoms with E-state index in [0.717, 1.165) is 0 Å². The zero-order chi connectivity index (χ0) is 17.7. The highest BCUT2D eigenvalue weighted by Gasteiger charge is 2.21. The number of amides is 2. The maximum absolute atomic E-state index is 12.2. The Morgan fingerprint density at radius 2 is 1.79 bits per heavy atom. The summed E-state index contributed by atoms with van der Waals surface area (Å²) in [6.07, 6.45) is -1.02. The van der Waals surface area contributed by atoms with E-state index in [0.29, 0.717) is 0 Å². The molecule has 0 saturated carbocycles. The highest BCUT2D eigenvalue weighted by molar-refractivity contribution is 6.03. The van der Waals surface area contributed by atoms with Crippen molar-refractivity contribution in [3.05, 3.63) is 64.2 Å². The number of nitro benzene ring substituents is 1. The SMILES string of the molecule is C[C@H](Oc1ccccc1[N+](=O)[O-])C(=O)Nc1ccccc1C(N)=O. The number of nitrogens with one attached hydrogen (secondary N) is 1. The van der Waals surface area contributed by atoms with E-state index < -0.39 is 22.8 Å². The summed E-state index contributed by atoms with van der Waals surface area (Å²) in [5.41, 5.74) is 5.41. The number of ether oxygens (including phenoxy) is 1. The highest BCUT2D eigenvalue weighted by Crippen LogP contribution is 2.27. The molecule has 0 aliphatic heterocycles. The van der Waals surface area contributed by atoms with Gasteiger partial charge in [-0.25, -0.2) is 0 Å². The zero-order valence-corrected chi connectivity index (χ0v) is 12.8. The Labute approximate surface area is 137 Å². The monoisotopic (exact) mass is 329 g/mol. The second kappa shape index (κ2) is 7.23. The largest absolute Gasteiger partial charge is 0.474 e. The Morgan fingerprint density at radius 3 is 2.46 bits per heavy atom. The van der Waals surface area contributed by atoms with Gasteiger partial charge in [0.1, 0.15) is 0 Å². The van der Waals surface area contributed by atoms with Crippen molar-refractivity contribution in [2.75, 3.05) is 5.32 Å². The summed E-state index contributed by atoms with van der Waals surface area (Å²) in [6, 6.07) is 12.0. The number of para-hydroxylation sites is 3. The minimum Gasteiger partial charge on any atom is -0.474 e.